The second kappa shape index (κ2) is 5.31. The Morgan fingerprint density at radius 1 is 1.22 bits per heavy atom. The van der Waals surface area contributed by atoms with Gasteiger partial charge in [0.1, 0.15) is 5.75 Å². The molecule has 1 aliphatic rings. The molecular formula is C16H24O2. The van der Waals surface area contributed by atoms with Crippen molar-refractivity contribution in [2.24, 2.45) is 11.8 Å². The average Bonchev–Trinajstić information content (AvgIpc) is 2.39. The van der Waals surface area contributed by atoms with Gasteiger partial charge in [0.05, 0.1) is 12.7 Å². The van der Waals surface area contributed by atoms with E-state index in [1.54, 1.807) is 7.11 Å². The highest BCUT2D eigenvalue weighted by atomic mass is 16.5. The van der Waals surface area contributed by atoms with Crippen LogP contribution in [0.2, 0.25) is 0 Å². The molecule has 100 valence electrons. The van der Waals surface area contributed by atoms with E-state index in [-0.39, 0.29) is 0 Å². The molecule has 1 aromatic rings. The van der Waals surface area contributed by atoms with Crippen molar-refractivity contribution in [3.63, 3.8) is 0 Å². The van der Waals surface area contributed by atoms with Gasteiger partial charge in [0, 0.05) is 5.56 Å². The molecule has 1 aromatic carbocycles. The van der Waals surface area contributed by atoms with Gasteiger partial charge in [-0.15, -0.1) is 0 Å². The summed E-state index contributed by atoms with van der Waals surface area (Å²) in [5.41, 5.74) is 0.257. The van der Waals surface area contributed by atoms with Crippen molar-refractivity contribution in [1.82, 2.24) is 0 Å². The molecule has 0 heterocycles. The molecular weight excluding hydrogens is 224 g/mol. The maximum Gasteiger partial charge on any atom is 0.124 e. The predicted molar refractivity (Wildman–Crippen MR) is 73.7 cm³/mol. The van der Waals surface area contributed by atoms with Crippen LogP contribution in [-0.2, 0) is 5.60 Å². The molecule has 0 unspecified atom stereocenters. The number of methoxy groups -OCH3 is 1. The molecule has 0 atom stereocenters. The van der Waals surface area contributed by atoms with Crippen LogP contribution < -0.4 is 4.74 Å². The minimum absolute atomic E-state index is 0.696. The van der Waals surface area contributed by atoms with E-state index >= 15 is 0 Å². The maximum atomic E-state index is 10.9. The highest BCUT2D eigenvalue weighted by Gasteiger charge is 2.37. The second-order valence-corrected chi connectivity index (χ2v) is 5.81. The Morgan fingerprint density at radius 2 is 1.83 bits per heavy atom. The number of aliphatic hydroxyl groups is 1. The van der Waals surface area contributed by atoms with E-state index in [2.05, 4.69) is 13.8 Å². The van der Waals surface area contributed by atoms with Crippen molar-refractivity contribution >= 4 is 0 Å². The molecule has 0 saturated heterocycles. The van der Waals surface area contributed by atoms with Crippen molar-refractivity contribution in [2.45, 2.75) is 45.1 Å². The smallest absolute Gasteiger partial charge is 0.124 e. The maximum absolute atomic E-state index is 10.9. The van der Waals surface area contributed by atoms with Gasteiger partial charge < -0.3 is 9.84 Å². The zero-order valence-corrected chi connectivity index (χ0v) is 11.6. The van der Waals surface area contributed by atoms with Crippen LogP contribution in [0.3, 0.4) is 0 Å². The third-order valence-corrected chi connectivity index (χ3v) is 4.41. The monoisotopic (exact) mass is 248 g/mol. The largest absolute Gasteiger partial charge is 0.496 e. The lowest BCUT2D eigenvalue weighted by Crippen LogP contribution is -2.33. The molecule has 1 aliphatic carbocycles. The summed E-state index contributed by atoms with van der Waals surface area (Å²) in [6.07, 6.45) is 3.89. The van der Waals surface area contributed by atoms with Gasteiger partial charge in [-0.05, 0) is 43.6 Å². The van der Waals surface area contributed by atoms with E-state index < -0.39 is 5.60 Å². The van der Waals surface area contributed by atoms with Crippen LogP contribution in [-0.4, -0.2) is 12.2 Å². The van der Waals surface area contributed by atoms with E-state index in [0.717, 1.165) is 42.9 Å². The molecule has 0 bridgehead atoms. The number of para-hydroxylation sites is 1. The van der Waals surface area contributed by atoms with Crippen LogP contribution in [0, 0.1) is 11.8 Å². The molecule has 0 aliphatic heterocycles. The Kier molecular flexibility index (Phi) is 3.96. The first-order valence-electron chi connectivity index (χ1n) is 6.92. The average molecular weight is 248 g/mol. The number of hydrogen-bond acceptors (Lipinski definition) is 2. The van der Waals surface area contributed by atoms with Gasteiger partial charge >= 0.3 is 0 Å². The lowest BCUT2D eigenvalue weighted by Gasteiger charge is -2.38. The SMILES string of the molecule is COc1ccccc1C1(O)CCC(C(C)C)CC1. The summed E-state index contributed by atoms with van der Waals surface area (Å²) >= 11 is 0. The van der Waals surface area contributed by atoms with E-state index in [4.69, 9.17) is 4.74 Å². The van der Waals surface area contributed by atoms with Crippen LogP contribution in [0.1, 0.15) is 45.1 Å². The Balaban J connectivity index is 2.18. The first kappa shape index (κ1) is 13.4. The molecule has 2 heteroatoms. The number of rotatable bonds is 3. The van der Waals surface area contributed by atoms with Crippen LogP contribution >= 0.6 is 0 Å². The number of hydrogen-bond donors (Lipinski definition) is 1. The lowest BCUT2D eigenvalue weighted by molar-refractivity contribution is -0.0216. The number of ether oxygens (including phenoxy) is 1. The fourth-order valence-corrected chi connectivity index (χ4v) is 3.08. The topological polar surface area (TPSA) is 29.5 Å². The summed E-state index contributed by atoms with van der Waals surface area (Å²) in [5.74, 6) is 2.27. The van der Waals surface area contributed by atoms with Gasteiger partial charge in [0.2, 0.25) is 0 Å². The minimum Gasteiger partial charge on any atom is -0.496 e. The first-order valence-corrected chi connectivity index (χ1v) is 6.92. The van der Waals surface area contributed by atoms with Gasteiger partial charge in [-0.1, -0.05) is 32.0 Å². The molecule has 0 amide bonds. The second-order valence-electron chi connectivity index (χ2n) is 5.81. The van der Waals surface area contributed by atoms with Gasteiger partial charge in [-0.3, -0.25) is 0 Å². The molecule has 2 nitrogen and oxygen atoms in total. The zero-order chi connectivity index (χ0) is 13.2. The van der Waals surface area contributed by atoms with Crippen LogP contribution in [0.5, 0.6) is 5.75 Å². The van der Waals surface area contributed by atoms with E-state index in [1.165, 1.54) is 0 Å². The standard InChI is InChI=1S/C16H24O2/c1-12(2)13-8-10-16(17,11-9-13)14-6-4-5-7-15(14)18-3/h4-7,12-13,17H,8-11H2,1-3H3. The van der Waals surface area contributed by atoms with Crippen molar-refractivity contribution in [3.8, 4) is 5.75 Å². The van der Waals surface area contributed by atoms with Gasteiger partial charge in [-0.2, -0.15) is 0 Å². The molecule has 2 rings (SSSR count). The fraction of sp³-hybridized carbons (Fsp3) is 0.625. The van der Waals surface area contributed by atoms with E-state index in [1.807, 2.05) is 24.3 Å². The summed E-state index contributed by atoms with van der Waals surface area (Å²) in [7, 11) is 1.67. The minimum atomic E-state index is -0.696. The van der Waals surface area contributed by atoms with Crippen molar-refractivity contribution in [1.29, 1.82) is 0 Å². The third-order valence-electron chi connectivity index (χ3n) is 4.41. The van der Waals surface area contributed by atoms with Gasteiger partial charge in [0.25, 0.3) is 0 Å². The Morgan fingerprint density at radius 3 is 2.39 bits per heavy atom. The Hall–Kier alpha value is -1.02. The third kappa shape index (κ3) is 2.54. The fourth-order valence-electron chi connectivity index (χ4n) is 3.08. The summed E-state index contributed by atoms with van der Waals surface area (Å²) in [4.78, 5) is 0. The van der Waals surface area contributed by atoms with Gasteiger partial charge in [-0.25, -0.2) is 0 Å². The summed E-state index contributed by atoms with van der Waals surface area (Å²) in [6, 6.07) is 7.85. The zero-order valence-electron chi connectivity index (χ0n) is 11.6. The summed E-state index contributed by atoms with van der Waals surface area (Å²) in [5, 5.41) is 10.9. The Labute approximate surface area is 110 Å². The van der Waals surface area contributed by atoms with Crippen molar-refractivity contribution < 1.29 is 9.84 Å². The van der Waals surface area contributed by atoms with E-state index in [0.29, 0.717) is 5.92 Å². The van der Waals surface area contributed by atoms with Crippen molar-refractivity contribution in [2.75, 3.05) is 7.11 Å². The van der Waals surface area contributed by atoms with Crippen LogP contribution in [0.25, 0.3) is 0 Å². The molecule has 0 radical (unpaired) electrons. The molecule has 0 aromatic heterocycles. The first-order chi connectivity index (χ1) is 8.57. The molecule has 1 saturated carbocycles. The molecule has 0 spiro atoms. The molecule has 18 heavy (non-hydrogen) atoms. The normalized spacial score (nSPS) is 28.4. The quantitative estimate of drug-likeness (QED) is 0.883. The highest BCUT2D eigenvalue weighted by Crippen LogP contribution is 2.44. The van der Waals surface area contributed by atoms with Crippen molar-refractivity contribution in [3.05, 3.63) is 29.8 Å². The molecule has 1 fully saturated rings. The van der Waals surface area contributed by atoms with Crippen LogP contribution in [0.4, 0.5) is 0 Å². The lowest BCUT2D eigenvalue weighted by atomic mass is 9.72. The summed E-state index contributed by atoms with van der Waals surface area (Å²) in [6.45, 7) is 4.55. The Bertz CT molecular complexity index is 390. The highest BCUT2D eigenvalue weighted by molar-refractivity contribution is 5.38. The summed E-state index contributed by atoms with van der Waals surface area (Å²) < 4.78 is 5.38. The molecule has 1 N–H and O–H groups in total. The predicted octanol–water partition coefficient (Wildman–Crippen LogP) is 3.73. The van der Waals surface area contributed by atoms with Gasteiger partial charge in [0.15, 0.2) is 0 Å². The van der Waals surface area contributed by atoms with E-state index in [9.17, 15) is 5.11 Å². The number of benzene rings is 1. The van der Waals surface area contributed by atoms with Crippen LogP contribution in [0.15, 0.2) is 24.3 Å².